The van der Waals surface area contributed by atoms with Gasteiger partial charge in [0, 0.05) is 16.1 Å². The van der Waals surface area contributed by atoms with Crippen molar-refractivity contribution >= 4 is 62.1 Å². The van der Waals surface area contributed by atoms with E-state index in [4.69, 9.17) is 44.3 Å². The first-order chi connectivity index (χ1) is 18.1. The maximum Gasteiger partial charge on any atom is 0.261 e. The smallest absolute Gasteiger partial charge is 0.261 e. The Balaban J connectivity index is 1.58. The van der Waals surface area contributed by atoms with Gasteiger partial charge in [0.25, 0.3) is 15.9 Å². The van der Waals surface area contributed by atoms with Gasteiger partial charge in [0.05, 0.1) is 34.0 Å². The third-order valence-corrected chi connectivity index (χ3v) is 7.73. The topological polar surface area (TPSA) is 93.7 Å². The normalized spacial score (nSPS) is 11.1. The van der Waals surface area contributed by atoms with Gasteiger partial charge in [0.2, 0.25) is 0 Å². The quantitative estimate of drug-likeness (QED) is 0.218. The highest BCUT2D eigenvalue weighted by Gasteiger charge is 2.21. The number of para-hydroxylation sites is 1. The lowest BCUT2D eigenvalue weighted by molar-refractivity contribution is 0.102. The molecular weight excluding hydrogens is 571 g/mol. The second-order valence-corrected chi connectivity index (χ2v) is 11.0. The molecule has 2 N–H and O–H groups in total. The molecule has 4 aromatic carbocycles. The van der Waals surface area contributed by atoms with E-state index in [1.807, 2.05) is 0 Å². The molecule has 0 bridgehead atoms. The number of ether oxygens (including phenoxy) is 2. The summed E-state index contributed by atoms with van der Waals surface area (Å²) in [5.74, 6) is 0.578. The Morgan fingerprint density at radius 2 is 1.53 bits per heavy atom. The van der Waals surface area contributed by atoms with Crippen molar-refractivity contribution in [1.82, 2.24) is 0 Å². The first kappa shape index (κ1) is 27.6. The maximum atomic E-state index is 13.2. The molecule has 0 unspecified atom stereocenters. The number of halogens is 3. The van der Waals surface area contributed by atoms with Crippen molar-refractivity contribution in [2.24, 2.45) is 0 Å². The Kier molecular flexibility index (Phi) is 8.38. The van der Waals surface area contributed by atoms with Crippen LogP contribution < -0.4 is 19.5 Å². The summed E-state index contributed by atoms with van der Waals surface area (Å²) < 4.78 is 39.8. The fraction of sp³-hybridized carbons (Fsp3) is 0.0741. The highest BCUT2D eigenvalue weighted by atomic mass is 35.5. The van der Waals surface area contributed by atoms with Gasteiger partial charge in [0.1, 0.15) is 17.2 Å². The molecule has 0 saturated carbocycles. The monoisotopic (exact) mass is 590 g/mol. The number of anilines is 2. The van der Waals surface area contributed by atoms with Crippen LogP contribution in [0.4, 0.5) is 11.4 Å². The second-order valence-electron chi connectivity index (χ2n) is 8.06. The van der Waals surface area contributed by atoms with Gasteiger partial charge in [-0.25, -0.2) is 8.42 Å². The predicted molar refractivity (Wildman–Crippen MR) is 151 cm³/mol. The van der Waals surface area contributed by atoms with Crippen LogP contribution in [0.15, 0.2) is 83.8 Å². The van der Waals surface area contributed by atoms with E-state index in [0.29, 0.717) is 33.0 Å². The van der Waals surface area contributed by atoms with Crippen molar-refractivity contribution in [3.63, 3.8) is 0 Å². The fourth-order valence-corrected chi connectivity index (χ4v) is 5.04. The maximum absolute atomic E-state index is 13.2. The molecule has 7 nitrogen and oxygen atoms in total. The molecule has 4 rings (SSSR count). The van der Waals surface area contributed by atoms with Gasteiger partial charge in [-0.1, -0.05) is 46.9 Å². The van der Waals surface area contributed by atoms with Crippen LogP contribution in [0.25, 0.3) is 0 Å². The average Bonchev–Trinajstić information content (AvgIpc) is 2.88. The average molecular weight is 592 g/mol. The first-order valence-electron chi connectivity index (χ1n) is 11.1. The number of hydrogen-bond donors (Lipinski definition) is 2. The number of methoxy groups -OCH3 is 1. The molecule has 0 fully saturated rings. The zero-order chi connectivity index (χ0) is 27.4. The van der Waals surface area contributed by atoms with E-state index in [-0.39, 0.29) is 21.2 Å². The summed E-state index contributed by atoms with van der Waals surface area (Å²) in [6, 6.07) is 20.2. The summed E-state index contributed by atoms with van der Waals surface area (Å²) in [7, 11) is -2.63. The minimum Gasteiger partial charge on any atom is -0.495 e. The van der Waals surface area contributed by atoms with E-state index in [2.05, 4.69) is 10.0 Å². The van der Waals surface area contributed by atoms with Crippen molar-refractivity contribution in [2.45, 2.75) is 11.8 Å². The van der Waals surface area contributed by atoms with Gasteiger partial charge >= 0.3 is 0 Å². The lowest BCUT2D eigenvalue weighted by atomic mass is 10.1. The number of amides is 1. The van der Waals surface area contributed by atoms with Crippen LogP contribution in [0.3, 0.4) is 0 Å². The van der Waals surface area contributed by atoms with Gasteiger partial charge in [-0.2, -0.15) is 0 Å². The summed E-state index contributed by atoms with van der Waals surface area (Å²) in [6.07, 6.45) is 0. The fourth-order valence-electron chi connectivity index (χ4n) is 3.46. The lowest BCUT2D eigenvalue weighted by Gasteiger charge is -2.16. The van der Waals surface area contributed by atoms with Gasteiger partial charge in [-0.05, 0) is 73.2 Å². The van der Waals surface area contributed by atoms with Crippen molar-refractivity contribution in [2.75, 3.05) is 17.1 Å². The van der Waals surface area contributed by atoms with Crippen molar-refractivity contribution in [3.05, 3.63) is 105 Å². The molecule has 0 radical (unpaired) electrons. The van der Waals surface area contributed by atoms with E-state index in [1.54, 1.807) is 43.3 Å². The molecular formula is C27H21Cl3N2O5S. The number of hydrogen-bond acceptors (Lipinski definition) is 5. The molecule has 38 heavy (non-hydrogen) atoms. The van der Waals surface area contributed by atoms with Crippen molar-refractivity contribution in [3.8, 4) is 17.2 Å². The lowest BCUT2D eigenvalue weighted by Crippen LogP contribution is -2.19. The van der Waals surface area contributed by atoms with Crippen LogP contribution in [-0.2, 0) is 10.0 Å². The molecule has 4 aromatic rings. The molecule has 0 spiro atoms. The molecule has 1 amide bonds. The standard InChI is InChI=1S/C27H21Cl3N2O5S/c1-16-13-24(26(36-2)15-22(16)30)31-27(33)20-14-17(28)7-12-23(20)32-38(34,35)19-10-8-18(9-11-19)37-25-6-4-3-5-21(25)29/h3-15,32H,1-2H3,(H,31,33). The van der Waals surface area contributed by atoms with E-state index in [9.17, 15) is 13.2 Å². The highest BCUT2D eigenvalue weighted by molar-refractivity contribution is 7.92. The molecule has 196 valence electrons. The van der Waals surface area contributed by atoms with Crippen LogP contribution in [0, 0.1) is 6.92 Å². The summed E-state index contributed by atoms with van der Waals surface area (Å²) in [5, 5.41) is 3.87. The van der Waals surface area contributed by atoms with E-state index >= 15 is 0 Å². The summed E-state index contributed by atoms with van der Waals surface area (Å²) in [5.41, 5.74) is 1.13. The van der Waals surface area contributed by atoms with Gasteiger partial charge in [-0.3, -0.25) is 9.52 Å². The highest BCUT2D eigenvalue weighted by Crippen LogP contribution is 2.33. The van der Waals surface area contributed by atoms with E-state index in [1.165, 1.54) is 49.6 Å². The largest absolute Gasteiger partial charge is 0.495 e. The second kappa shape index (κ2) is 11.5. The zero-order valence-corrected chi connectivity index (χ0v) is 23.2. The van der Waals surface area contributed by atoms with Gasteiger partial charge < -0.3 is 14.8 Å². The zero-order valence-electron chi connectivity index (χ0n) is 20.1. The molecule has 0 heterocycles. The number of nitrogens with one attached hydrogen (secondary N) is 2. The van der Waals surface area contributed by atoms with Crippen LogP contribution in [0.5, 0.6) is 17.2 Å². The van der Waals surface area contributed by atoms with Gasteiger partial charge in [-0.15, -0.1) is 0 Å². The van der Waals surface area contributed by atoms with Crippen LogP contribution in [0.1, 0.15) is 15.9 Å². The first-order valence-corrected chi connectivity index (χ1v) is 13.7. The molecule has 0 saturated heterocycles. The molecule has 11 heteroatoms. The number of benzene rings is 4. The molecule has 0 aliphatic heterocycles. The van der Waals surface area contributed by atoms with Crippen molar-refractivity contribution < 1.29 is 22.7 Å². The van der Waals surface area contributed by atoms with Crippen molar-refractivity contribution in [1.29, 1.82) is 0 Å². The Morgan fingerprint density at radius 1 is 0.816 bits per heavy atom. The minimum atomic E-state index is -4.07. The number of aryl methyl sites for hydroxylation is 1. The third-order valence-electron chi connectivity index (χ3n) is 5.40. The number of sulfonamides is 1. The van der Waals surface area contributed by atoms with E-state index < -0.39 is 15.9 Å². The molecule has 0 aliphatic carbocycles. The predicted octanol–water partition coefficient (Wildman–Crippen LogP) is 7.81. The molecule has 0 atom stereocenters. The number of carbonyl (C=O) groups is 1. The minimum absolute atomic E-state index is 0.00871. The Morgan fingerprint density at radius 3 is 2.21 bits per heavy atom. The number of rotatable bonds is 8. The Labute approximate surface area is 235 Å². The van der Waals surface area contributed by atoms with Crippen LogP contribution >= 0.6 is 34.8 Å². The Hall–Kier alpha value is -3.43. The summed E-state index contributed by atoms with van der Waals surface area (Å²) in [6.45, 7) is 1.78. The van der Waals surface area contributed by atoms with Crippen LogP contribution in [-0.4, -0.2) is 21.4 Å². The van der Waals surface area contributed by atoms with E-state index in [0.717, 1.165) is 5.56 Å². The van der Waals surface area contributed by atoms with Crippen LogP contribution in [0.2, 0.25) is 15.1 Å². The molecule has 0 aromatic heterocycles. The summed E-state index contributed by atoms with van der Waals surface area (Å²) >= 11 is 18.4. The third kappa shape index (κ3) is 6.34. The van der Waals surface area contributed by atoms with Gasteiger partial charge in [0.15, 0.2) is 0 Å². The number of carbonyl (C=O) groups excluding carboxylic acids is 1. The SMILES string of the molecule is COc1cc(Cl)c(C)cc1NC(=O)c1cc(Cl)ccc1NS(=O)(=O)c1ccc(Oc2ccccc2Cl)cc1. The molecule has 0 aliphatic rings. The summed E-state index contributed by atoms with van der Waals surface area (Å²) in [4.78, 5) is 13.2. The Bertz CT molecular complexity index is 1610.